The van der Waals surface area contributed by atoms with Crippen LogP contribution in [0.2, 0.25) is 0 Å². The molecule has 2 heterocycles. The van der Waals surface area contributed by atoms with Crippen molar-refractivity contribution < 1.29 is 14.3 Å². The highest BCUT2D eigenvalue weighted by Gasteiger charge is 2.29. The van der Waals surface area contributed by atoms with Gasteiger partial charge in [0.1, 0.15) is 5.69 Å². The van der Waals surface area contributed by atoms with E-state index in [0.29, 0.717) is 23.5 Å². The molecule has 2 N–H and O–H groups in total. The van der Waals surface area contributed by atoms with E-state index in [0.717, 1.165) is 5.56 Å². The van der Waals surface area contributed by atoms with Gasteiger partial charge in [-0.3, -0.25) is 4.79 Å². The van der Waals surface area contributed by atoms with Crippen LogP contribution >= 0.6 is 0 Å². The second-order valence-electron chi connectivity index (χ2n) is 4.70. The zero-order chi connectivity index (χ0) is 15.0. The lowest BCUT2D eigenvalue weighted by atomic mass is 10.1. The summed E-state index contributed by atoms with van der Waals surface area (Å²) in [7, 11) is 1.29. The lowest BCUT2D eigenvalue weighted by molar-refractivity contribution is 0.0594. The quantitative estimate of drug-likeness (QED) is 0.668. The monoisotopic (exact) mass is 283 g/mol. The zero-order valence-corrected chi connectivity index (χ0v) is 11.4. The van der Waals surface area contributed by atoms with E-state index in [1.54, 1.807) is 29.2 Å². The summed E-state index contributed by atoms with van der Waals surface area (Å²) in [4.78, 5) is 29.5. The number of rotatable bonds is 2. The van der Waals surface area contributed by atoms with E-state index in [-0.39, 0.29) is 11.6 Å². The first-order valence-corrected chi connectivity index (χ1v) is 6.35. The molecular formula is C15H13N3O3. The number of carbonyl (C=O) groups is 2. The first-order chi connectivity index (χ1) is 10.1. The number of anilines is 2. The van der Waals surface area contributed by atoms with Crippen molar-refractivity contribution in [3.05, 3.63) is 53.3 Å². The number of nitrogens with zero attached hydrogens (tertiary/aromatic N) is 2. The van der Waals surface area contributed by atoms with E-state index in [9.17, 15) is 9.59 Å². The summed E-state index contributed by atoms with van der Waals surface area (Å²) in [6.45, 7) is 0.444. The Hall–Kier alpha value is -2.89. The van der Waals surface area contributed by atoms with Crippen LogP contribution in [0.15, 0.2) is 36.5 Å². The molecule has 1 aliphatic heterocycles. The fourth-order valence-electron chi connectivity index (χ4n) is 2.33. The maximum absolute atomic E-state index is 12.4. The molecule has 6 nitrogen and oxygen atoms in total. The molecule has 0 saturated heterocycles. The fourth-order valence-corrected chi connectivity index (χ4v) is 2.33. The Bertz CT molecular complexity index is 743. The third kappa shape index (κ3) is 2.20. The summed E-state index contributed by atoms with van der Waals surface area (Å²) >= 11 is 0. The number of aromatic nitrogens is 1. The third-order valence-electron chi connectivity index (χ3n) is 3.39. The van der Waals surface area contributed by atoms with Crippen LogP contribution in [0.3, 0.4) is 0 Å². The number of benzene rings is 1. The van der Waals surface area contributed by atoms with E-state index < -0.39 is 5.97 Å². The highest BCUT2D eigenvalue weighted by molar-refractivity contribution is 6.10. The van der Waals surface area contributed by atoms with Crippen LogP contribution in [0.25, 0.3) is 0 Å². The molecule has 2 aromatic rings. The summed E-state index contributed by atoms with van der Waals surface area (Å²) in [6, 6.07) is 8.49. The number of hydrogen-bond acceptors (Lipinski definition) is 5. The molecule has 3 rings (SSSR count). The van der Waals surface area contributed by atoms with Gasteiger partial charge >= 0.3 is 5.97 Å². The van der Waals surface area contributed by atoms with Crippen LogP contribution in [-0.4, -0.2) is 24.0 Å². The van der Waals surface area contributed by atoms with Gasteiger partial charge in [-0.1, -0.05) is 6.07 Å². The van der Waals surface area contributed by atoms with Crippen LogP contribution in [-0.2, 0) is 11.3 Å². The Morgan fingerprint density at radius 1 is 1.33 bits per heavy atom. The molecule has 6 heteroatoms. The number of nitrogen functional groups attached to an aromatic ring is 1. The van der Waals surface area contributed by atoms with Gasteiger partial charge in [0.25, 0.3) is 5.91 Å². The van der Waals surface area contributed by atoms with Crippen LogP contribution in [0.5, 0.6) is 0 Å². The standard InChI is InChI=1S/C15H13N3O3/c1-21-15(20)13-7-11(4-5-17-13)18-8-9-2-3-10(16)6-12(9)14(18)19/h2-7H,8,16H2,1H3. The third-order valence-corrected chi connectivity index (χ3v) is 3.39. The van der Waals surface area contributed by atoms with Crippen molar-refractivity contribution in [2.45, 2.75) is 6.54 Å². The first-order valence-electron chi connectivity index (χ1n) is 6.35. The Kier molecular flexibility index (Phi) is 3.06. The van der Waals surface area contributed by atoms with Gasteiger partial charge in [0.05, 0.1) is 13.7 Å². The second-order valence-corrected chi connectivity index (χ2v) is 4.70. The first kappa shape index (κ1) is 13.1. The average molecular weight is 283 g/mol. The molecule has 1 aromatic heterocycles. The number of pyridine rings is 1. The van der Waals surface area contributed by atoms with Crippen molar-refractivity contribution in [2.75, 3.05) is 17.7 Å². The topological polar surface area (TPSA) is 85.5 Å². The number of esters is 1. The Morgan fingerprint density at radius 3 is 2.90 bits per heavy atom. The van der Waals surface area contributed by atoms with Crippen LogP contribution in [0.4, 0.5) is 11.4 Å². The highest BCUT2D eigenvalue weighted by Crippen LogP contribution is 2.29. The molecule has 0 atom stereocenters. The van der Waals surface area contributed by atoms with Crippen molar-refractivity contribution >= 4 is 23.3 Å². The number of methoxy groups -OCH3 is 1. The molecule has 1 aliphatic rings. The summed E-state index contributed by atoms with van der Waals surface area (Å²) in [5.41, 5.74) is 8.53. The van der Waals surface area contributed by atoms with Crippen molar-refractivity contribution in [1.82, 2.24) is 4.98 Å². The van der Waals surface area contributed by atoms with Gasteiger partial charge in [-0.05, 0) is 29.8 Å². The highest BCUT2D eigenvalue weighted by atomic mass is 16.5. The Labute approximate surface area is 121 Å². The minimum Gasteiger partial charge on any atom is -0.464 e. The van der Waals surface area contributed by atoms with Crippen LogP contribution < -0.4 is 10.6 Å². The van der Waals surface area contributed by atoms with Gasteiger partial charge in [0.15, 0.2) is 0 Å². The van der Waals surface area contributed by atoms with Gasteiger partial charge in [-0.15, -0.1) is 0 Å². The molecule has 21 heavy (non-hydrogen) atoms. The smallest absolute Gasteiger partial charge is 0.356 e. The van der Waals surface area contributed by atoms with Crippen LogP contribution in [0.1, 0.15) is 26.4 Å². The van der Waals surface area contributed by atoms with Crippen molar-refractivity contribution in [2.24, 2.45) is 0 Å². The second kappa shape index (κ2) is 4.90. The molecule has 0 aliphatic carbocycles. The van der Waals surface area contributed by atoms with Crippen molar-refractivity contribution in [1.29, 1.82) is 0 Å². The minimum atomic E-state index is -0.537. The fraction of sp³-hybridized carbons (Fsp3) is 0.133. The maximum Gasteiger partial charge on any atom is 0.356 e. The zero-order valence-electron chi connectivity index (χ0n) is 11.4. The lowest BCUT2D eigenvalue weighted by Crippen LogP contribution is -2.23. The molecule has 1 aromatic carbocycles. The van der Waals surface area contributed by atoms with Gasteiger partial charge < -0.3 is 15.4 Å². The molecule has 0 spiro atoms. The lowest BCUT2D eigenvalue weighted by Gasteiger charge is -2.15. The Morgan fingerprint density at radius 2 is 2.14 bits per heavy atom. The van der Waals surface area contributed by atoms with E-state index in [2.05, 4.69) is 9.72 Å². The maximum atomic E-state index is 12.4. The predicted molar refractivity (Wildman–Crippen MR) is 76.9 cm³/mol. The van der Waals surface area contributed by atoms with Gasteiger partial charge in [0, 0.05) is 23.1 Å². The number of fused-ring (bicyclic) bond motifs is 1. The molecule has 0 unspecified atom stereocenters. The largest absolute Gasteiger partial charge is 0.464 e. The molecule has 1 amide bonds. The molecule has 0 bridgehead atoms. The summed E-state index contributed by atoms with van der Waals surface area (Å²) in [5, 5.41) is 0. The van der Waals surface area contributed by atoms with Gasteiger partial charge in [-0.25, -0.2) is 9.78 Å². The van der Waals surface area contributed by atoms with E-state index in [1.807, 2.05) is 6.07 Å². The minimum absolute atomic E-state index is 0.140. The average Bonchev–Trinajstić information content (AvgIpc) is 2.83. The molecular weight excluding hydrogens is 270 g/mol. The van der Waals surface area contributed by atoms with Gasteiger partial charge in [-0.2, -0.15) is 0 Å². The van der Waals surface area contributed by atoms with E-state index >= 15 is 0 Å². The number of nitrogens with two attached hydrogens (primary N) is 1. The summed E-state index contributed by atoms with van der Waals surface area (Å²) in [6.07, 6.45) is 1.48. The molecule has 0 radical (unpaired) electrons. The number of carbonyl (C=O) groups excluding carboxylic acids is 2. The van der Waals surface area contributed by atoms with E-state index in [1.165, 1.54) is 13.3 Å². The summed E-state index contributed by atoms with van der Waals surface area (Å²) < 4.78 is 4.64. The molecule has 0 fully saturated rings. The molecule has 0 saturated carbocycles. The van der Waals surface area contributed by atoms with E-state index in [4.69, 9.17) is 5.73 Å². The Balaban J connectivity index is 1.97. The van der Waals surface area contributed by atoms with Gasteiger partial charge in [0.2, 0.25) is 0 Å². The number of amides is 1. The molecule has 106 valence electrons. The summed E-state index contributed by atoms with van der Waals surface area (Å²) in [5.74, 6) is -0.676. The van der Waals surface area contributed by atoms with Crippen molar-refractivity contribution in [3.63, 3.8) is 0 Å². The van der Waals surface area contributed by atoms with Crippen molar-refractivity contribution in [3.8, 4) is 0 Å². The van der Waals surface area contributed by atoms with Crippen LogP contribution in [0, 0.1) is 0 Å². The number of ether oxygens (including phenoxy) is 1. The SMILES string of the molecule is COC(=O)c1cc(N2Cc3ccc(N)cc3C2=O)ccn1. The normalized spacial score (nSPS) is 13.2. The predicted octanol–water partition coefficient (Wildman–Crippen LogP) is 1.61. The number of hydrogen-bond donors (Lipinski definition) is 1.